The molecular formula is C38H49Cl2N5O8S2. The highest BCUT2D eigenvalue weighted by Gasteiger charge is 2.57. The van der Waals surface area contributed by atoms with E-state index in [1.807, 2.05) is 40.7 Å². The van der Waals surface area contributed by atoms with Crippen LogP contribution in [-0.4, -0.2) is 100 Å². The fourth-order valence-electron chi connectivity index (χ4n) is 8.35. The largest absolute Gasteiger partial charge is 0.396 e. The van der Waals surface area contributed by atoms with Crippen LogP contribution in [0.2, 0.25) is 9.36 Å². The Kier molecular flexibility index (Phi) is 11.4. The molecule has 2 unspecified atom stereocenters. The zero-order valence-electron chi connectivity index (χ0n) is 31.8. The molecule has 13 nitrogen and oxygen atoms in total. The van der Waals surface area contributed by atoms with Gasteiger partial charge in [0.05, 0.1) is 43.8 Å². The minimum absolute atomic E-state index is 0.0715. The highest BCUT2D eigenvalue weighted by atomic mass is 35.5. The molecule has 4 fully saturated rings. The Morgan fingerprint density at radius 2 is 1.75 bits per heavy atom. The van der Waals surface area contributed by atoms with Crippen molar-refractivity contribution in [2.24, 2.45) is 17.6 Å². The van der Waals surface area contributed by atoms with E-state index in [2.05, 4.69) is 15.3 Å². The van der Waals surface area contributed by atoms with Crippen molar-refractivity contribution < 1.29 is 38.2 Å². The summed E-state index contributed by atoms with van der Waals surface area (Å²) < 4.78 is 40.5. The number of thiophene rings is 1. The van der Waals surface area contributed by atoms with Crippen molar-refractivity contribution in [2.75, 3.05) is 11.9 Å². The lowest BCUT2D eigenvalue weighted by Crippen LogP contribution is -2.51. The van der Waals surface area contributed by atoms with Gasteiger partial charge in [0.15, 0.2) is 11.6 Å². The molecular weight excluding hydrogens is 789 g/mol. The molecule has 0 amide bonds. The molecule has 0 spiro atoms. The molecule has 1 aromatic carbocycles. The third-order valence-electron chi connectivity index (χ3n) is 10.7. The number of carbonyl (C=O) groups is 1. The number of carbonyl (C=O) groups excluding carboxylic acids is 1. The number of aliphatic hydroxyl groups excluding tert-OH is 2. The van der Waals surface area contributed by atoms with E-state index in [0.29, 0.717) is 34.8 Å². The maximum Gasteiger partial charge on any atom is 0.208 e. The van der Waals surface area contributed by atoms with E-state index in [-0.39, 0.29) is 45.6 Å². The second kappa shape index (κ2) is 15.2. The fraction of sp³-hybridized carbons (Fsp3) is 0.605. The number of aliphatic hydroxyl groups is 2. The molecule has 0 radical (unpaired) electrons. The topological polar surface area (TPSA) is 179 Å². The Morgan fingerprint density at radius 3 is 2.42 bits per heavy atom. The second-order valence-corrected chi connectivity index (χ2v) is 20.9. The van der Waals surface area contributed by atoms with Crippen LogP contribution in [0.4, 0.5) is 5.82 Å². The predicted molar refractivity (Wildman–Crippen MR) is 210 cm³/mol. The highest BCUT2D eigenvalue weighted by molar-refractivity contribution is 7.84. The fourth-order valence-corrected chi connectivity index (χ4v) is 11.2. The first-order valence-corrected chi connectivity index (χ1v) is 21.1. The summed E-state index contributed by atoms with van der Waals surface area (Å²) >= 11 is 14.7. The molecule has 4 heterocycles. The van der Waals surface area contributed by atoms with Gasteiger partial charge in [-0.15, -0.1) is 11.3 Å². The SMILES string of the molecule is CC1(C)O[C@@H]2[C@@H](CO)C[C@@H](Nc3ncncc3C(=O)c3cc([C@@H](c4cccc(Cl)c4)N(C(O)[C@@H]4C[C@@H](N)[C@@H]5OC(C)(C)O[C@@H]54)S(=O)C(C)(C)C)c(Cl)s3)[C@@H]2O1. The average Bonchev–Trinajstić information content (AvgIpc) is 3.89. The van der Waals surface area contributed by atoms with E-state index >= 15 is 0 Å². The first kappa shape index (κ1) is 41.1. The lowest BCUT2D eigenvalue weighted by molar-refractivity contribution is -0.166. The third kappa shape index (κ3) is 8.02. The summed E-state index contributed by atoms with van der Waals surface area (Å²) in [4.78, 5) is 23.3. The van der Waals surface area contributed by atoms with Crippen LogP contribution in [0.25, 0.3) is 0 Å². The number of benzene rings is 1. The van der Waals surface area contributed by atoms with Crippen LogP contribution in [0.5, 0.6) is 0 Å². The van der Waals surface area contributed by atoms with Crippen molar-refractivity contribution in [1.29, 1.82) is 0 Å². The van der Waals surface area contributed by atoms with Crippen LogP contribution in [0.1, 0.15) is 93.7 Å². The molecule has 2 saturated heterocycles. The number of anilines is 1. The van der Waals surface area contributed by atoms with Gasteiger partial charge in [0.25, 0.3) is 0 Å². The number of nitrogens with zero attached hydrogens (tertiary/aromatic N) is 3. The zero-order valence-corrected chi connectivity index (χ0v) is 34.9. The minimum Gasteiger partial charge on any atom is -0.396 e. The molecule has 7 rings (SSSR count). The number of hydrogen-bond acceptors (Lipinski definition) is 13. The van der Waals surface area contributed by atoms with Crippen LogP contribution < -0.4 is 11.1 Å². The number of nitrogens with two attached hydrogens (primary N) is 1. The number of hydrogen-bond donors (Lipinski definition) is 4. The van der Waals surface area contributed by atoms with Gasteiger partial charge in [-0.05, 0) is 85.1 Å². The van der Waals surface area contributed by atoms with Gasteiger partial charge in [-0.3, -0.25) is 4.79 Å². The van der Waals surface area contributed by atoms with Crippen LogP contribution >= 0.6 is 34.5 Å². The van der Waals surface area contributed by atoms with E-state index in [1.165, 1.54) is 12.5 Å². The standard InChI is InChI=1S/C38H49Cl2N5O8S2/c1-36(2,3)55(49)45(35(48)22-13-24(41)31-30(22)51-38(6,7)52-31)27(18-9-8-10-20(39)11-18)21-14-26(54-33(21)40)28(47)23-15-42-17-43-34(23)44-25-12-19(16-46)29-32(25)53-37(4,5)50-29/h8-11,14-15,17,19,22,24-25,27,29-32,35,46,48H,12-13,16,41H2,1-7H3,(H,42,43,44)/t19-,22-,24-,25-,27-,29-,30-,31+,32+,35?,55?/m1/s1. The molecule has 2 saturated carbocycles. The second-order valence-electron chi connectivity index (χ2n) is 16.7. The molecule has 3 aromatic rings. The molecule has 300 valence electrons. The van der Waals surface area contributed by atoms with Gasteiger partial charge in [0, 0.05) is 41.3 Å². The number of ketones is 1. The monoisotopic (exact) mass is 837 g/mol. The number of nitrogens with one attached hydrogen (secondary N) is 1. The van der Waals surface area contributed by atoms with Gasteiger partial charge in [0.1, 0.15) is 41.6 Å². The molecule has 55 heavy (non-hydrogen) atoms. The van der Waals surface area contributed by atoms with Crippen molar-refractivity contribution in [3.05, 3.63) is 73.8 Å². The number of ether oxygens (including phenoxy) is 4. The smallest absolute Gasteiger partial charge is 0.208 e. The summed E-state index contributed by atoms with van der Waals surface area (Å²) in [5, 5.41) is 26.4. The summed E-state index contributed by atoms with van der Waals surface area (Å²) in [5.74, 6) is -2.57. The number of halogens is 2. The lowest BCUT2D eigenvalue weighted by Gasteiger charge is -2.41. The molecule has 4 aliphatic rings. The van der Waals surface area contributed by atoms with Gasteiger partial charge in [-0.1, -0.05) is 35.3 Å². The molecule has 2 aromatic heterocycles. The van der Waals surface area contributed by atoms with Crippen LogP contribution in [-0.2, 0) is 29.9 Å². The summed E-state index contributed by atoms with van der Waals surface area (Å²) in [6.07, 6.45) is 0.642. The van der Waals surface area contributed by atoms with Crippen molar-refractivity contribution in [2.45, 2.75) is 126 Å². The Bertz CT molecular complexity index is 1940. The lowest BCUT2D eigenvalue weighted by atomic mass is 9.97. The summed E-state index contributed by atoms with van der Waals surface area (Å²) in [7, 11) is -1.85. The van der Waals surface area contributed by atoms with Crippen LogP contribution in [0.3, 0.4) is 0 Å². The van der Waals surface area contributed by atoms with Gasteiger partial charge in [-0.25, -0.2) is 14.2 Å². The third-order valence-corrected chi connectivity index (χ3v) is 14.1. The molecule has 11 atom stereocenters. The molecule has 0 bridgehead atoms. The molecule has 17 heteroatoms. The van der Waals surface area contributed by atoms with Gasteiger partial charge < -0.3 is 40.2 Å². The van der Waals surface area contributed by atoms with Gasteiger partial charge in [-0.2, -0.15) is 4.31 Å². The Balaban J connectivity index is 1.26. The van der Waals surface area contributed by atoms with Crippen molar-refractivity contribution in [3.8, 4) is 0 Å². The summed E-state index contributed by atoms with van der Waals surface area (Å²) in [6.45, 7) is 12.7. The normalized spacial score (nSPS) is 31.3. The van der Waals surface area contributed by atoms with Crippen molar-refractivity contribution >= 4 is 57.1 Å². The zero-order chi connectivity index (χ0) is 39.8. The molecule has 2 aliphatic heterocycles. The first-order chi connectivity index (χ1) is 25.8. The van der Waals surface area contributed by atoms with E-state index in [0.717, 1.165) is 11.3 Å². The average molecular weight is 839 g/mol. The van der Waals surface area contributed by atoms with Crippen LogP contribution in [0, 0.1) is 11.8 Å². The number of rotatable bonds is 11. The van der Waals surface area contributed by atoms with Gasteiger partial charge >= 0.3 is 0 Å². The maximum atomic E-state index is 14.8. The highest BCUT2D eigenvalue weighted by Crippen LogP contribution is 2.48. The Labute approximate surface area is 337 Å². The Hall–Kier alpha value is -2.12. The first-order valence-electron chi connectivity index (χ1n) is 18.4. The number of aromatic nitrogens is 2. The van der Waals surface area contributed by atoms with Crippen molar-refractivity contribution in [3.63, 3.8) is 0 Å². The number of fused-ring (bicyclic) bond motifs is 2. The minimum atomic E-state index is -1.85. The maximum absolute atomic E-state index is 14.8. The van der Waals surface area contributed by atoms with Crippen molar-refractivity contribution in [1.82, 2.24) is 14.3 Å². The quantitative estimate of drug-likeness (QED) is 0.143. The summed E-state index contributed by atoms with van der Waals surface area (Å²) in [6, 6.07) is 7.08. The molecule has 5 N–H and O–H groups in total. The van der Waals surface area contributed by atoms with Gasteiger partial charge in [0.2, 0.25) is 5.78 Å². The summed E-state index contributed by atoms with van der Waals surface area (Å²) in [5.41, 5.74) is 7.81. The molecule has 2 aliphatic carbocycles. The van der Waals surface area contributed by atoms with E-state index < -0.39 is 69.5 Å². The van der Waals surface area contributed by atoms with Crippen LogP contribution in [0.15, 0.2) is 42.9 Å². The van der Waals surface area contributed by atoms with E-state index in [1.54, 1.807) is 42.4 Å². The Morgan fingerprint density at radius 1 is 1.07 bits per heavy atom. The van der Waals surface area contributed by atoms with E-state index in [4.69, 9.17) is 47.9 Å². The van der Waals surface area contributed by atoms with E-state index in [9.17, 15) is 19.2 Å². The predicted octanol–water partition coefficient (Wildman–Crippen LogP) is 5.43.